The number of carbonyl (C=O) groups excluding carboxylic acids is 1. The molecule has 0 N–H and O–H groups in total. The van der Waals surface area contributed by atoms with Crippen LogP contribution in [-0.2, 0) is 16.1 Å². The van der Waals surface area contributed by atoms with Crippen LogP contribution in [0.15, 0.2) is 106 Å². The van der Waals surface area contributed by atoms with Gasteiger partial charge in [-0.05, 0) is 66.4 Å². The van der Waals surface area contributed by atoms with Crippen LogP contribution in [0.25, 0.3) is 16.8 Å². The van der Waals surface area contributed by atoms with E-state index in [9.17, 15) is 19.7 Å². The predicted molar refractivity (Wildman–Crippen MR) is 173 cm³/mol. The molecule has 0 bridgehead atoms. The summed E-state index contributed by atoms with van der Waals surface area (Å²) in [6, 6.07) is 25.5. The number of nitro benzene ring substituents is 1. The Morgan fingerprint density at radius 1 is 1.04 bits per heavy atom. The maximum atomic E-state index is 14.0. The molecule has 0 unspecified atom stereocenters. The zero-order valence-corrected chi connectivity index (χ0v) is 25.7. The highest BCUT2D eigenvalue weighted by molar-refractivity contribution is 7.07. The lowest BCUT2D eigenvalue weighted by molar-refractivity contribution is -0.385. The van der Waals surface area contributed by atoms with E-state index in [-0.39, 0.29) is 23.4 Å². The molecular formula is C35H29N3O6S. The van der Waals surface area contributed by atoms with Gasteiger partial charge in [0.05, 0.1) is 33.4 Å². The van der Waals surface area contributed by atoms with Gasteiger partial charge in [-0.2, -0.15) is 0 Å². The average Bonchev–Trinajstić information content (AvgIpc) is 3.33. The lowest BCUT2D eigenvalue weighted by Gasteiger charge is -2.24. The maximum absolute atomic E-state index is 14.0. The number of rotatable bonds is 8. The van der Waals surface area contributed by atoms with Crippen molar-refractivity contribution < 1.29 is 19.2 Å². The van der Waals surface area contributed by atoms with Crippen LogP contribution in [0.1, 0.15) is 42.1 Å². The number of hydrogen-bond donors (Lipinski definition) is 0. The van der Waals surface area contributed by atoms with E-state index in [1.165, 1.54) is 22.0 Å². The number of esters is 1. The van der Waals surface area contributed by atoms with E-state index in [1.807, 2.05) is 48.5 Å². The summed E-state index contributed by atoms with van der Waals surface area (Å²) in [5, 5.41) is 14.0. The van der Waals surface area contributed by atoms with Gasteiger partial charge in [0, 0.05) is 11.6 Å². The largest absolute Gasteiger partial charge is 0.489 e. The number of hydrogen-bond acceptors (Lipinski definition) is 8. The van der Waals surface area contributed by atoms with Crippen molar-refractivity contribution in [3.05, 3.63) is 148 Å². The van der Waals surface area contributed by atoms with Crippen molar-refractivity contribution in [1.82, 2.24) is 4.57 Å². The van der Waals surface area contributed by atoms with E-state index in [0.29, 0.717) is 38.5 Å². The summed E-state index contributed by atoms with van der Waals surface area (Å²) in [5.74, 6) is 0.0204. The Kier molecular flexibility index (Phi) is 8.14. The summed E-state index contributed by atoms with van der Waals surface area (Å²) in [7, 11) is 0. The van der Waals surface area contributed by atoms with Gasteiger partial charge in [0.15, 0.2) is 4.80 Å². The highest BCUT2D eigenvalue weighted by atomic mass is 32.1. The zero-order valence-electron chi connectivity index (χ0n) is 24.9. The molecule has 0 saturated carbocycles. The van der Waals surface area contributed by atoms with E-state index < -0.39 is 16.9 Å². The van der Waals surface area contributed by atoms with Gasteiger partial charge < -0.3 is 9.47 Å². The summed E-state index contributed by atoms with van der Waals surface area (Å²) in [6.07, 6.45) is 1.76. The number of carbonyl (C=O) groups is 1. The number of nitrogens with zero attached hydrogens (tertiary/aromatic N) is 3. The molecule has 4 aromatic carbocycles. The molecule has 1 aliphatic heterocycles. The molecule has 6 rings (SSSR count). The van der Waals surface area contributed by atoms with Crippen LogP contribution in [0.5, 0.6) is 5.75 Å². The topological polar surface area (TPSA) is 113 Å². The van der Waals surface area contributed by atoms with Crippen molar-refractivity contribution in [1.29, 1.82) is 0 Å². The molecule has 1 aliphatic rings. The molecule has 0 radical (unpaired) electrons. The first-order valence-corrected chi connectivity index (χ1v) is 15.2. The fraction of sp³-hybridized carbons (Fsp3) is 0.171. The lowest BCUT2D eigenvalue weighted by atomic mass is 9.94. The van der Waals surface area contributed by atoms with Crippen LogP contribution in [-0.4, -0.2) is 22.1 Å². The molecule has 9 nitrogen and oxygen atoms in total. The molecule has 45 heavy (non-hydrogen) atoms. The Morgan fingerprint density at radius 2 is 1.82 bits per heavy atom. The molecule has 0 spiro atoms. The van der Waals surface area contributed by atoms with Gasteiger partial charge >= 0.3 is 5.97 Å². The second kappa shape index (κ2) is 12.3. The fourth-order valence-electron chi connectivity index (χ4n) is 5.53. The molecule has 10 heteroatoms. The van der Waals surface area contributed by atoms with Gasteiger partial charge in [-0.15, -0.1) is 0 Å². The van der Waals surface area contributed by atoms with Crippen LogP contribution < -0.4 is 19.6 Å². The molecule has 1 aromatic heterocycles. The third kappa shape index (κ3) is 5.80. The SMILES string of the molecule is CCOC(=O)C1=C(C)N=c2s/c(=C/c3cccc(OCc4cccc5ccccc45)c3)c(=O)n2[C@@H]1c1ccc(C)c([N+](=O)[O-])c1. The number of benzene rings is 4. The third-order valence-corrected chi connectivity index (χ3v) is 8.68. The Hall–Kier alpha value is -5.35. The highest BCUT2D eigenvalue weighted by Crippen LogP contribution is 2.33. The normalized spacial score (nSPS) is 14.6. The van der Waals surface area contributed by atoms with Crippen molar-refractivity contribution in [2.75, 3.05) is 6.61 Å². The second-order valence-corrected chi connectivity index (χ2v) is 11.6. The summed E-state index contributed by atoms with van der Waals surface area (Å²) >= 11 is 1.18. The third-order valence-electron chi connectivity index (χ3n) is 7.69. The van der Waals surface area contributed by atoms with Gasteiger partial charge in [0.25, 0.3) is 11.2 Å². The molecule has 0 fully saturated rings. The van der Waals surface area contributed by atoms with Crippen LogP contribution in [0.3, 0.4) is 0 Å². The van der Waals surface area contributed by atoms with Crippen LogP contribution >= 0.6 is 11.3 Å². The number of nitro groups is 1. The van der Waals surface area contributed by atoms with Crippen molar-refractivity contribution in [3.8, 4) is 5.75 Å². The molecule has 5 aromatic rings. The first kappa shape index (κ1) is 29.7. The minimum absolute atomic E-state index is 0.104. The molecule has 0 amide bonds. The summed E-state index contributed by atoms with van der Waals surface area (Å²) in [6.45, 7) is 5.51. The first-order chi connectivity index (χ1) is 21.7. The van der Waals surface area contributed by atoms with Gasteiger partial charge in [-0.3, -0.25) is 19.5 Å². The van der Waals surface area contributed by atoms with E-state index in [2.05, 4.69) is 23.2 Å². The van der Waals surface area contributed by atoms with Crippen molar-refractivity contribution in [3.63, 3.8) is 0 Å². The number of thiazole rings is 1. The Bertz CT molecular complexity index is 2190. The number of ether oxygens (including phenoxy) is 2. The van der Waals surface area contributed by atoms with Crippen LogP contribution in [0.4, 0.5) is 5.69 Å². The number of aromatic nitrogens is 1. The van der Waals surface area contributed by atoms with Crippen molar-refractivity contribution in [2.24, 2.45) is 4.99 Å². The number of fused-ring (bicyclic) bond motifs is 2. The summed E-state index contributed by atoms with van der Waals surface area (Å²) in [4.78, 5) is 43.4. The second-order valence-electron chi connectivity index (χ2n) is 10.6. The molecule has 226 valence electrons. The van der Waals surface area contributed by atoms with Gasteiger partial charge in [-0.1, -0.05) is 78.1 Å². The Labute approximate surface area is 262 Å². The summed E-state index contributed by atoms with van der Waals surface area (Å²) < 4.78 is 13.3. The monoisotopic (exact) mass is 619 g/mol. The van der Waals surface area contributed by atoms with Gasteiger partial charge in [0.1, 0.15) is 12.4 Å². The standard InChI is InChI=1S/C35H29N3O6S/c1-4-43-34(40)31-22(3)36-35-37(32(31)25-16-15-21(2)29(19-25)38(41)42)33(39)30(45-35)18-23-9-7-13-27(17-23)44-20-26-12-8-11-24-10-5-6-14-28(24)26/h5-19,32H,4,20H2,1-3H3/b30-18+/t32-/m1/s1. The molecule has 2 heterocycles. The van der Waals surface area contributed by atoms with Crippen molar-refractivity contribution >= 4 is 39.8 Å². The molecule has 0 saturated heterocycles. The van der Waals surface area contributed by atoms with Crippen molar-refractivity contribution in [2.45, 2.75) is 33.4 Å². The van der Waals surface area contributed by atoms with E-state index in [4.69, 9.17) is 9.47 Å². The fourth-order valence-corrected chi connectivity index (χ4v) is 6.57. The smallest absolute Gasteiger partial charge is 0.338 e. The maximum Gasteiger partial charge on any atom is 0.338 e. The minimum Gasteiger partial charge on any atom is -0.489 e. The lowest BCUT2D eigenvalue weighted by Crippen LogP contribution is -2.40. The highest BCUT2D eigenvalue weighted by Gasteiger charge is 2.34. The van der Waals surface area contributed by atoms with E-state index in [0.717, 1.165) is 21.9 Å². The number of aryl methyl sites for hydroxylation is 1. The van der Waals surface area contributed by atoms with Gasteiger partial charge in [-0.25, -0.2) is 9.79 Å². The number of allylic oxidation sites excluding steroid dienone is 1. The first-order valence-electron chi connectivity index (χ1n) is 14.4. The molecule has 1 atom stereocenters. The molecule has 0 aliphatic carbocycles. The Morgan fingerprint density at radius 3 is 2.62 bits per heavy atom. The Balaban J connectivity index is 1.39. The predicted octanol–water partition coefficient (Wildman–Crippen LogP) is 5.75. The minimum atomic E-state index is -0.947. The quantitative estimate of drug-likeness (QED) is 0.124. The van der Waals surface area contributed by atoms with Gasteiger partial charge in [0.2, 0.25) is 0 Å². The van der Waals surface area contributed by atoms with E-state index >= 15 is 0 Å². The zero-order chi connectivity index (χ0) is 31.7. The van der Waals surface area contributed by atoms with Crippen LogP contribution in [0.2, 0.25) is 0 Å². The average molecular weight is 620 g/mol. The van der Waals surface area contributed by atoms with Crippen LogP contribution in [0, 0.1) is 17.0 Å². The van der Waals surface area contributed by atoms with E-state index in [1.54, 1.807) is 39.0 Å². The molecular weight excluding hydrogens is 590 g/mol. The summed E-state index contributed by atoms with van der Waals surface area (Å²) in [5.41, 5.74) is 2.78.